The van der Waals surface area contributed by atoms with E-state index in [9.17, 15) is 9.18 Å². The molecule has 0 atom stereocenters. The van der Waals surface area contributed by atoms with Crippen LogP contribution in [0.2, 0.25) is 0 Å². The van der Waals surface area contributed by atoms with Crippen LogP contribution in [0.25, 0.3) is 11.3 Å². The van der Waals surface area contributed by atoms with E-state index in [-0.39, 0.29) is 11.7 Å². The van der Waals surface area contributed by atoms with E-state index in [1.54, 1.807) is 17.5 Å². The Labute approximate surface area is 145 Å². The summed E-state index contributed by atoms with van der Waals surface area (Å²) in [7, 11) is 1.41. The minimum Gasteiger partial charge on any atom is -0.494 e. The van der Waals surface area contributed by atoms with Crippen molar-refractivity contribution in [3.8, 4) is 17.0 Å². The van der Waals surface area contributed by atoms with Crippen LogP contribution in [0, 0.1) is 5.82 Å². The lowest BCUT2D eigenvalue weighted by molar-refractivity contribution is 0.102. The van der Waals surface area contributed by atoms with Gasteiger partial charge in [-0.1, -0.05) is 11.4 Å². The smallest absolute Gasteiger partial charge is 0.271 e. The van der Waals surface area contributed by atoms with Crippen molar-refractivity contribution in [3.05, 3.63) is 40.0 Å². The molecule has 0 saturated carbocycles. The third-order valence-corrected chi connectivity index (χ3v) is 4.79. The normalized spacial score (nSPS) is 10.6. The molecule has 0 saturated heterocycles. The zero-order chi connectivity index (χ0) is 17.1. The van der Waals surface area contributed by atoms with Crippen molar-refractivity contribution in [1.82, 2.24) is 14.6 Å². The van der Waals surface area contributed by atoms with Gasteiger partial charge in [-0.15, -0.1) is 16.4 Å². The van der Waals surface area contributed by atoms with Crippen LogP contribution in [0.15, 0.2) is 23.6 Å². The topological polar surface area (TPSA) is 77.0 Å². The number of ether oxygens (including phenoxy) is 1. The van der Waals surface area contributed by atoms with Gasteiger partial charge in [0.05, 0.1) is 18.5 Å². The molecule has 6 nitrogen and oxygen atoms in total. The van der Waals surface area contributed by atoms with Gasteiger partial charge < -0.3 is 4.74 Å². The summed E-state index contributed by atoms with van der Waals surface area (Å²) >= 11 is 2.32. The van der Waals surface area contributed by atoms with Crippen LogP contribution in [0.4, 0.5) is 9.52 Å². The van der Waals surface area contributed by atoms with Crippen LogP contribution in [0.3, 0.4) is 0 Å². The van der Waals surface area contributed by atoms with Gasteiger partial charge in [0.1, 0.15) is 4.88 Å². The first-order valence-corrected chi connectivity index (χ1v) is 8.69. The summed E-state index contributed by atoms with van der Waals surface area (Å²) in [6, 6.07) is 4.60. The fourth-order valence-electron chi connectivity index (χ4n) is 2.06. The maximum absolute atomic E-state index is 13.8. The van der Waals surface area contributed by atoms with Crippen LogP contribution in [0.5, 0.6) is 5.75 Å². The number of aryl methyl sites for hydroxylation is 1. The largest absolute Gasteiger partial charge is 0.494 e. The van der Waals surface area contributed by atoms with Crippen molar-refractivity contribution in [2.75, 3.05) is 12.4 Å². The number of halogens is 1. The van der Waals surface area contributed by atoms with Gasteiger partial charge in [0, 0.05) is 10.9 Å². The van der Waals surface area contributed by atoms with Gasteiger partial charge in [-0.05, 0) is 36.2 Å². The Balaban J connectivity index is 1.78. The van der Waals surface area contributed by atoms with Gasteiger partial charge in [-0.2, -0.15) is 0 Å². The summed E-state index contributed by atoms with van der Waals surface area (Å²) in [5.41, 5.74) is 1.85. The highest BCUT2D eigenvalue weighted by Gasteiger charge is 2.17. The van der Waals surface area contributed by atoms with Crippen molar-refractivity contribution in [3.63, 3.8) is 0 Å². The summed E-state index contributed by atoms with van der Waals surface area (Å²) in [6.45, 7) is 1.91. The summed E-state index contributed by atoms with van der Waals surface area (Å²) in [5.74, 6) is -0.576. The molecule has 0 radical (unpaired) electrons. The standard InChI is InChI=1S/C15H13FN4O2S2/c1-3-10-13(24-20-19-10)14(21)18-15-17-11(7-23-15)8-4-5-12(22-2)9(16)6-8/h4-7H,3H2,1-2H3,(H,17,18,21). The third kappa shape index (κ3) is 3.26. The highest BCUT2D eigenvalue weighted by Crippen LogP contribution is 2.28. The Morgan fingerprint density at radius 1 is 1.42 bits per heavy atom. The molecule has 2 heterocycles. The molecule has 0 aliphatic rings. The molecule has 0 spiro atoms. The highest BCUT2D eigenvalue weighted by molar-refractivity contribution is 7.14. The molecule has 0 fully saturated rings. The molecule has 1 amide bonds. The van der Waals surface area contributed by atoms with E-state index in [4.69, 9.17) is 4.74 Å². The van der Waals surface area contributed by atoms with E-state index < -0.39 is 5.82 Å². The third-order valence-electron chi connectivity index (χ3n) is 3.27. The Hall–Kier alpha value is -2.39. The number of thiazole rings is 1. The van der Waals surface area contributed by atoms with Crippen molar-refractivity contribution in [2.45, 2.75) is 13.3 Å². The maximum atomic E-state index is 13.8. The number of anilines is 1. The number of nitrogens with one attached hydrogen (secondary N) is 1. The van der Waals surface area contributed by atoms with Gasteiger partial charge in [-0.25, -0.2) is 9.37 Å². The number of nitrogens with zero attached hydrogens (tertiary/aromatic N) is 3. The average molecular weight is 364 g/mol. The first kappa shape index (κ1) is 16.5. The van der Waals surface area contributed by atoms with Crippen LogP contribution < -0.4 is 10.1 Å². The van der Waals surface area contributed by atoms with Gasteiger partial charge in [0.15, 0.2) is 16.7 Å². The van der Waals surface area contributed by atoms with E-state index in [1.807, 2.05) is 6.92 Å². The zero-order valence-corrected chi connectivity index (χ0v) is 14.5. The van der Waals surface area contributed by atoms with Gasteiger partial charge in [0.2, 0.25) is 0 Å². The number of rotatable bonds is 5. The van der Waals surface area contributed by atoms with Crippen LogP contribution in [-0.2, 0) is 6.42 Å². The Morgan fingerprint density at radius 3 is 2.96 bits per heavy atom. The van der Waals surface area contributed by atoms with E-state index in [0.29, 0.717) is 33.4 Å². The zero-order valence-electron chi connectivity index (χ0n) is 12.9. The monoisotopic (exact) mass is 364 g/mol. The number of aromatic nitrogens is 3. The van der Waals surface area contributed by atoms with Gasteiger partial charge >= 0.3 is 0 Å². The molecule has 0 unspecified atom stereocenters. The predicted molar refractivity (Wildman–Crippen MR) is 91.3 cm³/mol. The first-order chi connectivity index (χ1) is 11.6. The summed E-state index contributed by atoms with van der Waals surface area (Å²) < 4.78 is 22.5. The number of methoxy groups -OCH3 is 1. The molecular formula is C15H13FN4O2S2. The molecule has 1 N–H and O–H groups in total. The maximum Gasteiger partial charge on any atom is 0.271 e. The van der Waals surface area contributed by atoms with Gasteiger partial charge in [-0.3, -0.25) is 10.1 Å². The average Bonchev–Trinajstić information content (AvgIpc) is 3.23. The lowest BCUT2D eigenvalue weighted by Crippen LogP contribution is -2.12. The van der Waals surface area contributed by atoms with Crippen molar-refractivity contribution >= 4 is 33.9 Å². The molecule has 124 valence electrons. The Bertz CT molecular complexity index is 878. The second-order valence-corrected chi connectivity index (χ2v) is 6.36. The number of benzene rings is 1. The van der Waals surface area contributed by atoms with E-state index >= 15 is 0 Å². The second kappa shape index (κ2) is 7.02. The molecule has 2 aromatic heterocycles. The first-order valence-electron chi connectivity index (χ1n) is 7.04. The molecule has 0 bridgehead atoms. The molecule has 24 heavy (non-hydrogen) atoms. The fourth-order valence-corrected chi connectivity index (χ4v) is 3.42. The second-order valence-electron chi connectivity index (χ2n) is 4.74. The van der Waals surface area contributed by atoms with Crippen molar-refractivity contribution in [1.29, 1.82) is 0 Å². The Kier molecular flexibility index (Phi) is 4.81. The van der Waals surface area contributed by atoms with Crippen molar-refractivity contribution in [2.24, 2.45) is 0 Å². The predicted octanol–water partition coefficient (Wildman–Crippen LogP) is 3.62. The molecule has 3 aromatic rings. The summed E-state index contributed by atoms with van der Waals surface area (Å²) in [4.78, 5) is 17.0. The lowest BCUT2D eigenvalue weighted by atomic mass is 10.1. The van der Waals surface area contributed by atoms with E-state index in [1.165, 1.54) is 24.5 Å². The number of hydrogen-bond acceptors (Lipinski definition) is 7. The van der Waals surface area contributed by atoms with Crippen LogP contribution in [-0.4, -0.2) is 27.6 Å². The Morgan fingerprint density at radius 2 is 2.25 bits per heavy atom. The summed E-state index contributed by atoms with van der Waals surface area (Å²) in [5, 5.41) is 8.82. The molecule has 9 heteroatoms. The van der Waals surface area contributed by atoms with E-state index in [0.717, 1.165) is 11.5 Å². The molecule has 0 aliphatic carbocycles. The quantitative estimate of drug-likeness (QED) is 0.748. The van der Waals surface area contributed by atoms with Crippen LogP contribution >= 0.6 is 22.9 Å². The molecule has 0 aliphatic heterocycles. The molecule has 3 rings (SSSR count). The summed E-state index contributed by atoms with van der Waals surface area (Å²) in [6.07, 6.45) is 0.632. The lowest BCUT2D eigenvalue weighted by Gasteiger charge is -2.03. The van der Waals surface area contributed by atoms with Crippen LogP contribution in [0.1, 0.15) is 22.3 Å². The minimum atomic E-state index is -0.461. The molecule has 1 aromatic carbocycles. The SMILES string of the molecule is CCc1nnsc1C(=O)Nc1nc(-c2ccc(OC)c(F)c2)cs1. The minimum absolute atomic E-state index is 0.173. The van der Waals surface area contributed by atoms with E-state index in [2.05, 4.69) is 19.9 Å². The van der Waals surface area contributed by atoms with Gasteiger partial charge in [0.25, 0.3) is 5.91 Å². The fraction of sp³-hybridized carbons (Fsp3) is 0.200. The number of carbonyl (C=O) groups excluding carboxylic acids is 1. The number of carbonyl (C=O) groups is 1. The number of hydrogen-bond donors (Lipinski definition) is 1. The highest BCUT2D eigenvalue weighted by atomic mass is 32.1. The van der Waals surface area contributed by atoms with Crippen molar-refractivity contribution < 1.29 is 13.9 Å². The molecular weight excluding hydrogens is 351 g/mol. The number of amides is 1.